The number of thioether (sulfide) groups is 1. The number of halogens is 1. The second-order valence-electron chi connectivity index (χ2n) is 7.88. The maximum atomic E-state index is 13.1. The first-order valence-corrected chi connectivity index (χ1v) is 12.0. The van der Waals surface area contributed by atoms with E-state index in [0.717, 1.165) is 34.0 Å². The number of aromatic nitrogens is 4. The Bertz CT molecular complexity index is 1300. The minimum absolute atomic E-state index is 0.0626. The van der Waals surface area contributed by atoms with Crippen LogP contribution < -0.4 is 0 Å². The second-order valence-corrected chi connectivity index (χ2v) is 9.26. The van der Waals surface area contributed by atoms with Crippen molar-refractivity contribution in [1.82, 2.24) is 19.3 Å². The van der Waals surface area contributed by atoms with Gasteiger partial charge in [0.25, 0.3) is 0 Å². The number of carbonyl (C=O) groups is 1. The van der Waals surface area contributed by atoms with E-state index in [0.29, 0.717) is 16.7 Å². The average Bonchev–Trinajstić information content (AvgIpc) is 3.34. The minimum atomic E-state index is 0.0626. The number of hydrogen-bond donors (Lipinski definition) is 0. The van der Waals surface area contributed by atoms with Crippen LogP contribution in [0.3, 0.4) is 0 Å². The van der Waals surface area contributed by atoms with Gasteiger partial charge in [0.15, 0.2) is 16.8 Å². The summed E-state index contributed by atoms with van der Waals surface area (Å²) < 4.78 is 4.08. The smallest absolute Gasteiger partial charge is 0.192 e. The van der Waals surface area contributed by atoms with Gasteiger partial charge < -0.3 is 4.57 Å². The lowest BCUT2D eigenvalue weighted by Crippen LogP contribution is -2.07. The normalized spacial score (nSPS) is 11.0. The topological polar surface area (TPSA) is 52.7 Å². The van der Waals surface area contributed by atoms with Crippen LogP contribution in [0.2, 0.25) is 5.02 Å². The van der Waals surface area contributed by atoms with E-state index in [9.17, 15) is 4.79 Å². The zero-order valence-corrected chi connectivity index (χ0v) is 20.5. The van der Waals surface area contributed by atoms with Gasteiger partial charge in [-0.05, 0) is 63.2 Å². The van der Waals surface area contributed by atoms with Crippen molar-refractivity contribution in [3.05, 3.63) is 94.8 Å². The molecule has 0 radical (unpaired) electrons. The van der Waals surface area contributed by atoms with E-state index >= 15 is 0 Å². The third-order valence-electron chi connectivity index (χ3n) is 5.49. The van der Waals surface area contributed by atoms with Crippen LogP contribution in [0.1, 0.15) is 27.3 Å². The average molecular weight is 477 g/mol. The molecule has 7 heteroatoms. The number of carbonyl (C=O) groups excluding carboxylic acids is 1. The minimum Gasteiger partial charge on any atom is -0.318 e. The molecular weight excluding hydrogens is 452 g/mol. The molecule has 0 spiro atoms. The van der Waals surface area contributed by atoms with Crippen molar-refractivity contribution < 1.29 is 4.79 Å². The number of Topliss-reactive ketones (excluding diaryl/α,β-unsaturated/α-hetero) is 1. The summed E-state index contributed by atoms with van der Waals surface area (Å²) in [7, 11) is 0. The highest BCUT2D eigenvalue weighted by Crippen LogP contribution is 2.27. The molecule has 0 aliphatic carbocycles. The number of ketones is 1. The predicted octanol–water partition coefficient (Wildman–Crippen LogP) is 6.48. The molecule has 2 aromatic heterocycles. The lowest BCUT2D eigenvalue weighted by atomic mass is 10.2. The predicted molar refractivity (Wildman–Crippen MR) is 136 cm³/mol. The van der Waals surface area contributed by atoms with Gasteiger partial charge in [0.2, 0.25) is 0 Å². The summed E-state index contributed by atoms with van der Waals surface area (Å²) >= 11 is 7.40. The van der Waals surface area contributed by atoms with Gasteiger partial charge >= 0.3 is 0 Å². The molecule has 0 atom stereocenters. The molecule has 4 rings (SSSR count). The van der Waals surface area contributed by atoms with Gasteiger partial charge in [0, 0.05) is 39.8 Å². The highest BCUT2D eigenvalue weighted by molar-refractivity contribution is 7.99. The van der Waals surface area contributed by atoms with Crippen LogP contribution in [0.15, 0.2) is 72.4 Å². The molecule has 0 saturated heterocycles. The first-order chi connectivity index (χ1) is 15.9. The molecule has 0 aliphatic heterocycles. The van der Waals surface area contributed by atoms with Crippen molar-refractivity contribution in [1.29, 1.82) is 0 Å². The van der Waals surface area contributed by atoms with Gasteiger partial charge in [-0.15, -0.1) is 16.8 Å². The van der Waals surface area contributed by atoms with Gasteiger partial charge in [-0.1, -0.05) is 47.1 Å². The molecule has 0 bridgehead atoms. The van der Waals surface area contributed by atoms with Crippen molar-refractivity contribution in [2.24, 2.45) is 0 Å². The Hall–Kier alpha value is -3.09. The fraction of sp³-hybridized carbons (Fsp3) is 0.192. The summed E-state index contributed by atoms with van der Waals surface area (Å²) in [6.07, 6.45) is 1.80. The van der Waals surface area contributed by atoms with E-state index < -0.39 is 0 Å². The van der Waals surface area contributed by atoms with Gasteiger partial charge in [0.1, 0.15) is 0 Å². The van der Waals surface area contributed by atoms with E-state index in [1.807, 2.05) is 48.7 Å². The number of nitrogens with zero attached hydrogens (tertiary/aromatic N) is 4. The Morgan fingerprint density at radius 3 is 2.42 bits per heavy atom. The van der Waals surface area contributed by atoms with Crippen LogP contribution in [-0.2, 0) is 6.54 Å². The molecule has 4 aromatic rings. The Balaban J connectivity index is 1.56. The molecule has 0 amide bonds. The van der Waals surface area contributed by atoms with Crippen LogP contribution in [-0.4, -0.2) is 30.9 Å². The summed E-state index contributed by atoms with van der Waals surface area (Å²) in [4.78, 5) is 13.1. The summed E-state index contributed by atoms with van der Waals surface area (Å²) in [5.74, 6) is 1.06. The third kappa shape index (κ3) is 4.82. The molecule has 0 N–H and O–H groups in total. The Morgan fingerprint density at radius 2 is 1.76 bits per heavy atom. The van der Waals surface area contributed by atoms with Crippen LogP contribution in [0, 0.1) is 20.8 Å². The Kier molecular flexibility index (Phi) is 6.86. The van der Waals surface area contributed by atoms with Gasteiger partial charge in [0.05, 0.1) is 5.75 Å². The van der Waals surface area contributed by atoms with Crippen molar-refractivity contribution in [2.75, 3.05) is 5.75 Å². The molecule has 0 fully saturated rings. The number of allylic oxidation sites excluding steroid dienone is 1. The van der Waals surface area contributed by atoms with Gasteiger partial charge in [-0.3, -0.25) is 9.36 Å². The summed E-state index contributed by atoms with van der Waals surface area (Å²) in [6.45, 7) is 10.5. The molecule has 0 unspecified atom stereocenters. The molecule has 0 saturated carbocycles. The SMILES string of the molecule is C=CCn1c(SCC(=O)c2cc(C)n(-c3ccc(C)cc3)c2C)nnc1-c1ccc(Cl)cc1. The van der Waals surface area contributed by atoms with E-state index in [1.165, 1.54) is 17.3 Å². The maximum absolute atomic E-state index is 13.1. The maximum Gasteiger partial charge on any atom is 0.192 e. The Morgan fingerprint density at radius 1 is 1.06 bits per heavy atom. The van der Waals surface area contributed by atoms with E-state index in [2.05, 4.69) is 52.5 Å². The number of hydrogen-bond acceptors (Lipinski definition) is 4. The van der Waals surface area contributed by atoms with E-state index in [-0.39, 0.29) is 11.5 Å². The van der Waals surface area contributed by atoms with Crippen molar-refractivity contribution >= 4 is 29.1 Å². The molecule has 168 valence electrons. The van der Waals surface area contributed by atoms with Crippen LogP contribution in [0.4, 0.5) is 0 Å². The molecule has 33 heavy (non-hydrogen) atoms. The van der Waals surface area contributed by atoms with Crippen molar-refractivity contribution in [3.63, 3.8) is 0 Å². The van der Waals surface area contributed by atoms with Gasteiger partial charge in [-0.25, -0.2) is 0 Å². The molecule has 2 aromatic carbocycles. The number of benzene rings is 2. The largest absolute Gasteiger partial charge is 0.318 e. The quantitative estimate of drug-likeness (QED) is 0.166. The lowest BCUT2D eigenvalue weighted by Gasteiger charge is -2.10. The lowest BCUT2D eigenvalue weighted by molar-refractivity contribution is 0.102. The van der Waals surface area contributed by atoms with Crippen LogP contribution in [0.25, 0.3) is 17.1 Å². The third-order valence-corrected chi connectivity index (χ3v) is 6.71. The first kappa shape index (κ1) is 23.1. The van der Waals surface area contributed by atoms with E-state index in [1.54, 1.807) is 6.08 Å². The van der Waals surface area contributed by atoms with Crippen molar-refractivity contribution in [2.45, 2.75) is 32.5 Å². The molecule has 5 nitrogen and oxygen atoms in total. The second kappa shape index (κ2) is 9.81. The van der Waals surface area contributed by atoms with Crippen LogP contribution >= 0.6 is 23.4 Å². The fourth-order valence-corrected chi connectivity index (χ4v) is 4.80. The summed E-state index contributed by atoms with van der Waals surface area (Å²) in [5, 5.41) is 10.0. The summed E-state index contributed by atoms with van der Waals surface area (Å²) in [6, 6.07) is 17.7. The Labute approximate surface area is 203 Å². The molecule has 0 aliphatic rings. The standard InChI is InChI=1S/C26H25ClN4OS/c1-5-14-30-25(20-8-10-21(27)11-9-20)28-29-26(30)33-16-24(32)23-15-18(3)31(19(23)4)22-12-6-17(2)7-13-22/h5-13,15H,1,14,16H2,2-4H3. The zero-order chi connectivity index (χ0) is 23.5. The highest BCUT2D eigenvalue weighted by Gasteiger charge is 2.19. The summed E-state index contributed by atoms with van der Waals surface area (Å²) in [5.41, 5.74) is 5.87. The molecular formula is C26H25ClN4OS. The monoisotopic (exact) mass is 476 g/mol. The fourth-order valence-electron chi connectivity index (χ4n) is 3.85. The first-order valence-electron chi connectivity index (χ1n) is 10.6. The molecule has 2 heterocycles. The van der Waals surface area contributed by atoms with Gasteiger partial charge in [-0.2, -0.15) is 0 Å². The highest BCUT2D eigenvalue weighted by atomic mass is 35.5. The zero-order valence-electron chi connectivity index (χ0n) is 18.9. The number of rotatable bonds is 8. The number of aryl methyl sites for hydroxylation is 2. The van der Waals surface area contributed by atoms with Crippen LogP contribution in [0.5, 0.6) is 0 Å². The van der Waals surface area contributed by atoms with Crippen molar-refractivity contribution in [3.8, 4) is 17.1 Å². The van der Waals surface area contributed by atoms with E-state index in [4.69, 9.17) is 11.6 Å².